The van der Waals surface area contributed by atoms with Gasteiger partial charge in [0.25, 0.3) is 0 Å². The molecule has 43 valence electrons. The van der Waals surface area contributed by atoms with E-state index in [1.165, 1.54) is 0 Å². The molecule has 1 unspecified atom stereocenters. The Balaban J connectivity index is 3.14. The first-order valence-corrected chi connectivity index (χ1v) is 2.51. The second-order valence-electron chi connectivity index (χ2n) is 2.07. The summed E-state index contributed by atoms with van der Waals surface area (Å²) in [7, 11) is 0. The smallest absolute Gasteiger partial charge is 0.0802 e. The molecule has 0 aliphatic carbocycles. The molecular weight excluding hydrogens is 90.1 g/mol. The average molecular weight is 102 g/mol. The highest BCUT2D eigenvalue weighted by molar-refractivity contribution is 4.50. The molecule has 0 bridgehead atoms. The van der Waals surface area contributed by atoms with E-state index in [0.717, 1.165) is 0 Å². The Bertz CT molecular complexity index is 45.3. The third-order valence-corrected chi connectivity index (χ3v) is 1.12. The van der Waals surface area contributed by atoms with Gasteiger partial charge in [0.1, 0.15) is 0 Å². The Labute approximate surface area is 44.6 Å². The van der Waals surface area contributed by atoms with E-state index in [4.69, 9.17) is 5.90 Å². The van der Waals surface area contributed by atoms with Crippen LogP contribution in [0.2, 0.25) is 0 Å². The second-order valence-corrected chi connectivity index (χ2v) is 2.07. The van der Waals surface area contributed by atoms with Crippen LogP contribution in [-0.4, -0.2) is 6.10 Å². The number of rotatable bonds is 2. The molecule has 2 heteroatoms. The predicted octanol–water partition coefficient (Wildman–Crippen LogP) is 1.25. The predicted molar refractivity (Wildman–Crippen MR) is 28.5 cm³/mol. The van der Waals surface area contributed by atoms with E-state index in [1.807, 2.05) is 20.8 Å². The van der Waals surface area contributed by atoms with Gasteiger partial charge in [0.2, 0.25) is 0 Å². The highest BCUT2D eigenvalue weighted by Gasteiger charge is 2.03. The molecule has 1 radical (unpaired) electrons. The quantitative estimate of drug-likeness (QED) is 0.483. The van der Waals surface area contributed by atoms with E-state index in [2.05, 4.69) is 4.84 Å². The molecule has 0 fully saturated rings. The highest BCUT2D eigenvalue weighted by atomic mass is 16.6. The first-order valence-electron chi connectivity index (χ1n) is 2.51. The summed E-state index contributed by atoms with van der Waals surface area (Å²) in [4.78, 5) is 4.26. The van der Waals surface area contributed by atoms with Crippen LogP contribution in [0.5, 0.6) is 0 Å². The molecule has 0 rings (SSSR count). The van der Waals surface area contributed by atoms with Crippen molar-refractivity contribution in [2.24, 2.45) is 5.92 Å². The molecule has 0 amide bonds. The van der Waals surface area contributed by atoms with Crippen LogP contribution in [0.3, 0.4) is 0 Å². The van der Waals surface area contributed by atoms with Crippen LogP contribution >= 0.6 is 0 Å². The summed E-state index contributed by atoms with van der Waals surface area (Å²) >= 11 is 0. The van der Waals surface area contributed by atoms with E-state index < -0.39 is 0 Å². The van der Waals surface area contributed by atoms with E-state index in [9.17, 15) is 0 Å². The fourth-order valence-electron chi connectivity index (χ4n) is 0.136. The molecular formula is C5H12NO. The summed E-state index contributed by atoms with van der Waals surface area (Å²) in [5.41, 5.74) is 0. The molecule has 0 aliphatic rings. The van der Waals surface area contributed by atoms with E-state index in [0.29, 0.717) is 5.92 Å². The van der Waals surface area contributed by atoms with Crippen molar-refractivity contribution in [1.29, 1.82) is 0 Å². The fraction of sp³-hybridized carbons (Fsp3) is 1.00. The molecule has 0 saturated heterocycles. The normalized spacial score (nSPS) is 15.0. The summed E-state index contributed by atoms with van der Waals surface area (Å²) in [6, 6.07) is 0. The van der Waals surface area contributed by atoms with Crippen molar-refractivity contribution in [1.82, 2.24) is 5.90 Å². The SMILES string of the molecule is CC(C)C(C)O[NH]. The zero-order valence-corrected chi connectivity index (χ0v) is 5.06. The number of nitrogens with one attached hydrogen (secondary N) is 1. The average Bonchev–Trinajstić information content (AvgIpc) is 1.65. The van der Waals surface area contributed by atoms with Crippen molar-refractivity contribution in [2.45, 2.75) is 26.9 Å². The molecule has 2 nitrogen and oxygen atoms in total. The van der Waals surface area contributed by atoms with Crippen LogP contribution < -0.4 is 5.90 Å². The van der Waals surface area contributed by atoms with Gasteiger partial charge in [0, 0.05) is 0 Å². The minimum absolute atomic E-state index is 0.0694. The maximum atomic E-state index is 6.44. The summed E-state index contributed by atoms with van der Waals surface area (Å²) in [6.45, 7) is 5.94. The maximum Gasteiger partial charge on any atom is 0.0802 e. The van der Waals surface area contributed by atoms with Gasteiger partial charge in [0.15, 0.2) is 0 Å². The molecule has 0 heterocycles. The third kappa shape index (κ3) is 2.60. The highest BCUT2D eigenvalue weighted by Crippen LogP contribution is 2.01. The van der Waals surface area contributed by atoms with Crippen molar-refractivity contribution in [3.63, 3.8) is 0 Å². The van der Waals surface area contributed by atoms with Gasteiger partial charge in [-0.05, 0) is 12.8 Å². The van der Waals surface area contributed by atoms with Gasteiger partial charge in [-0.2, -0.15) is 0 Å². The Hall–Kier alpha value is -0.0800. The van der Waals surface area contributed by atoms with Gasteiger partial charge >= 0.3 is 0 Å². The van der Waals surface area contributed by atoms with E-state index in [-0.39, 0.29) is 6.10 Å². The van der Waals surface area contributed by atoms with Crippen LogP contribution in [0.4, 0.5) is 0 Å². The van der Waals surface area contributed by atoms with E-state index >= 15 is 0 Å². The standard InChI is InChI=1S/C5H12NO/c1-4(2)5(3)7-6/h4-6H,1-3H3. The van der Waals surface area contributed by atoms with Gasteiger partial charge in [-0.25, -0.2) is 0 Å². The molecule has 7 heavy (non-hydrogen) atoms. The number of hydrogen-bond acceptors (Lipinski definition) is 1. The van der Waals surface area contributed by atoms with Gasteiger partial charge < -0.3 is 0 Å². The first-order chi connectivity index (χ1) is 3.18. The topological polar surface area (TPSA) is 33.0 Å². The second kappa shape index (κ2) is 2.99. The summed E-state index contributed by atoms with van der Waals surface area (Å²) in [5, 5.41) is 0. The van der Waals surface area contributed by atoms with Crippen molar-refractivity contribution >= 4 is 0 Å². The Morgan fingerprint density at radius 3 is 1.71 bits per heavy atom. The van der Waals surface area contributed by atoms with Crippen molar-refractivity contribution in [3.8, 4) is 0 Å². The summed E-state index contributed by atoms with van der Waals surface area (Å²) < 4.78 is 0. The Morgan fingerprint density at radius 1 is 1.29 bits per heavy atom. The molecule has 0 aromatic rings. The lowest BCUT2D eigenvalue weighted by molar-refractivity contribution is 0.0201. The lowest BCUT2D eigenvalue weighted by Crippen LogP contribution is -2.13. The lowest BCUT2D eigenvalue weighted by atomic mass is 10.1. The Kier molecular flexibility index (Phi) is 2.96. The maximum absolute atomic E-state index is 6.44. The largest absolute Gasteiger partial charge is 0.282 e. The third-order valence-electron chi connectivity index (χ3n) is 1.12. The van der Waals surface area contributed by atoms with Crippen LogP contribution in [-0.2, 0) is 4.84 Å². The molecule has 0 aromatic carbocycles. The zero-order chi connectivity index (χ0) is 5.86. The van der Waals surface area contributed by atoms with Crippen LogP contribution in [0.1, 0.15) is 20.8 Å². The lowest BCUT2D eigenvalue weighted by Gasteiger charge is -2.09. The van der Waals surface area contributed by atoms with Crippen molar-refractivity contribution in [3.05, 3.63) is 0 Å². The van der Waals surface area contributed by atoms with Crippen LogP contribution in [0, 0.1) is 5.92 Å². The monoisotopic (exact) mass is 102 g/mol. The van der Waals surface area contributed by atoms with Gasteiger partial charge in [-0.3, -0.25) is 4.84 Å². The van der Waals surface area contributed by atoms with Crippen LogP contribution in [0.25, 0.3) is 0 Å². The summed E-state index contributed by atoms with van der Waals surface area (Å²) in [5.74, 6) is 6.90. The van der Waals surface area contributed by atoms with Gasteiger partial charge in [0.05, 0.1) is 6.10 Å². The van der Waals surface area contributed by atoms with Gasteiger partial charge in [-0.1, -0.05) is 13.8 Å². The fourth-order valence-corrected chi connectivity index (χ4v) is 0.136. The molecule has 0 spiro atoms. The number of hydrogen-bond donors (Lipinski definition) is 0. The van der Waals surface area contributed by atoms with Crippen molar-refractivity contribution < 1.29 is 4.84 Å². The molecule has 0 saturated carbocycles. The minimum Gasteiger partial charge on any atom is -0.282 e. The van der Waals surface area contributed by atoms with Crippen molar-refractivity contribution in [2.75, 3.05) is 0 Å². The van der Waals surface area contributed by atoms with Crippen LogP contribution in [0.15, 0.2) is 0 Å². The molecule has 0 aromatic heterocycles. The molecule has 1 atom stereocenters. The van der Waals surface area contributed by atoms with Gasteiger partial charge in [-0.15, -0.1) is 5.90 Å². The summed E-state index contributed by atoms with van der Waals surface area (Å²) in [6.07, 6.45) is 0.0694. The molecule has 1 N–H and O–H groups in total. The zero-order valence-electron chi connectivity index (χ0n) is 5.06. The Morgan fingerprint density at radius 2 is 1.71 bits per heavy atom. The van der Waals surface area contributed by atoms with E-state index in [1.54, 1.807) is 0 Å². The molecule has 0 aliphatic heterocycles. The first kappa shape index (κ1) is 6.92. The minimum atomic E-state index is 0.0694.